The summed E-state index contributed by atoms with van der Waals surface area (Å²) in [6.45, 7) is 4.05. The lowest BCUT2D eigenvalue weighted by Gasteiger charge is -2.24. The molecule has 1 rings (SSSR count). The van der Waals surface area contributed by atoms with Crippen LogP contribution in [0.1, 0.15) is 12.6 Å². The lowest BCUT2D eigenvalue weighted by molar-refractivity contribution is 0.747. The van der Waals surface area contributed by atoms with Gasteiger partial charge in [0.25, 0.3) is 0 Å². The molecule has 4 heteroatoms. The Balaban J connectivity index is 2.91. The summed E-state index contributed by atoms with van der Waals surface area (Å²) in [5.41, 5.74) is 0.996. The standard InChI is InChI=1S/C10H14BrClN2/c1-7(6-12)14(3)10-5-4-9(11)8(2)13-10/h4-5,7H,6H2,1-3H3. The SMILES string of the molecule is Cc1nc(N(C)C(C)CCl)ccc1Br. The van der Waals surface area contributed by atoms with E-state index >= 15 is 0 Å². The summed E-state index contributed by atoms with van der Waals surface area (Å²) >= 11 is 9.21. The second kappa shape index (κ2) is 4.99. The van der Waals surface area contributed by atoms with E-state index in [4.69, 9.17) is 11.6 Å². The van der Waals surface area contributed by atoms with Crippen LogP contribution in [0.4, 0.5) is 5.82 Å². The van der Waals surface area contributed by atoms with Gasteiger partial charge in [-0.15, -0.1) is 11.6 Å². The minimum atomic E-state index is 0.296. The molecule has 0 saturated heterocycles. The maximum atomic E-state index is 5.79. The third-order valence-corrected chi connectivity index (χ3v) is 3.54. The molecule has 1 atom stereocenters. The van der Waals surface area contributed by atoms with Crippen molar-refractivity contribution in [1.29, 1.82) is 0 Å². The molecule has 2 nitrogen and oxygen atoms in total. The Bertz CT molecular complexity index is 317. The summed E-state index contributed by atoms with van der Waals surface area (Å²) < 4.78 is 1.04. The summed E-state index contributed by atoms with van der Waals surface area (Å²) in [6, 6.07) is 4.29. The normalized spacial score (nSPS) is 12.6. The van der Waals surface area contributed by atoms with Crippen molar-refractivity contribution in [3.63, 3.8) is 0 Å². The number of hydrogen-bond donors (Lipinski definition) is 0. The van der Waals surface area contributed by atoms with Gasteiger partial charge in [0.15, 0.2) is 0 Å². The Labute approximate surface area is 98.4 Å². The van der Waals surface area contributed by atoms with E-state index in [1.165, 1.54) is 0 Å². The van der Waals surface area contributed by atoms with Gasteiger partial charge in [-0.05, 0) is 41.9 Å². The number of halogens is 2. The van der Waals surface area contributed by atoms with Gasteiger partial charge in [-0.3, -0.25) is 0 Å². The Morgan fingerprint density at radius 3 is 2.71 bits per heavy atom. The van der Waals surface area contributed by atoms with Gasteiger partial charge in [-0.2, -0.15) is 0 Å². The first-order chi connectivity index (χ1) is 6.56. The maximum absolute atomic E-state index is 5.79. The largest absolute Gasteiger partial charge is 0.356 e. The van der Waals surface area contributed by atoms with Crippen LogP contribution in [0.15, 0.2) is 16.6 Å². The molecule has 14 heavy (non-hydrogen) atoms. The second-order valence-electron chi connectivity index (χ2n) is 3.35. The van der Waals surface area contributed by atoms with Crippen molar-refractivity contribution in [2.24, 2.45) is 0 Å². The number of aromatic nitrogens is 1. The number of anilines is 1. The molecule has 0 aliphatic heterocycles. The van der Waals surface area contributed by atoms with Gasteiger partial charge in [-0.1, -0.05) is 0 Å². The molecule has 0 bridgehead atoms. The average molecular weight is 278 g/mol. The molecule has 0 amide bonds. The van der Waals surface area contributed by atoms with Crippen LogP contribution in [0.25, 0.3) is 0 Å². The molecule has 0 fully saturated rings. The average Bonchev–Trinajstić information content (AvgIpc) is 2.20. The molecule has 0 spiro atoms. The summed E-state index contributed by atoms with van der Waals surface area (Å²) in [4.78, 5) is 6.54. The lowest BCUT2D eigenvalue weighted by Crippen LogP contribution is -2.30. The molecular weight excluding hydrogens is 263 g/mol. The molecule has 0 aliphatic rings. The van der Waals surface area contributed by atoms with Gasteiger partial charge in [-0.25, -0.2) is 4.98 Å². The zero-order valence-electron chi connectivity index (χ0n) is 8.59. The van der Waals surface area contributed by atoms with Crippen LogP contribution in [0.5, 0.6) is 0 Å². The topological polar surface area (TPSA) is 16.1 Å². The highest BCUT2D eigenvalue weighted by Gasteiger charge is 2.10. The van der Waals surface area contributed by atoms with E-state index in [-0.39, 0.29) is 0 Å². The van der Waals surface area contributed by atoms with Gasteiger partial charge in [0.1, 0.15) is 5.82 Å². The second-order valence-corrected chi connectivity index (χ2v) is 4.51. The quantitative estimate of drug-likeness (QED) is 0.789. The highest BCUT2D eigenvalue weighted by atomic mass is 79.9. The van der Waals surface area contributed by atoms with Crippen LogP contribution in [0.3, 0.4) is 0 Å². The highest BCUT2D eigenvalue weighted by Crippen LogP contribution is 2.19. The Morgan fingerprint density at radius 2 is 2.21 bits per heavy atom. The van der Waals surface area contributed by atoms with E-state index in [1.807, 2.05) is 26.1 Å². The summed E-state index contributed by atoms with van der Waals surface area (Å²) in [5.74, 6) is 1.56. The number of aryl methyl sites for hydroxylation is 1. The monoisotopic (exact) mass is 276 g/mol. The maximum Gasteiger partial charge on any atom is 0.128 e. The number of nitrogens with zero attached hydrogens (tertiary/aromatic N) is 2. The van der Waals surface area contributed by atoms with Gasteiger partial charge >= 0.3 is 0 Å². The van der Waals surface area contributed by atoms with Crippen molar-refractivity contribution in [1.82, 2.24) is 4.98 Å². The van der Waals surface area contributed by atoms with Crippen LogP contribution in [-0.4, -0.2) is 24.0 Å². The van der Waals surface area contributed by atoms with Crippen LogP contribution in [0, 0.1) is 6.92 Å². The smallest absolute Gasteiger partial charge is 0.128 e. The van der Waals surface area contributed by atoms with Gasteiger partial charge in [0, 0.05) is 23.4 Å². The molecule has 0 radical (unpaired) electrons. The number of pyridine rings is 1. The first-order valence-electron chi connectivity index (χ1n) is 4.48. The third kappa shape index (κ3) is 2.61. The fourth-order valence-corrected chi connectivity index (χ4v) is 1.48. The predicted octanol–water partition coefficient (Wildman–Crippen LogP) is 3.22. The first kappa shape index (κ1) is 11.8. The van der Waals surface area contributed by atoms with E-state index < -0.39 is 0 Å². The molecular formula is C10H14BrClN2. The molecule has 1 unspecified atom stereocenters. The third-order valence-electron chi connectivity index (χ3n) is 2.25. The van der Waals surface area contributed by atoms with Crippen molar-refractivity contribution in [2.75, 3.05) is 17.8 Å². The predicted molar refractivity (Wildman–Crippen MR) is 65.3 cm³/mol. The Hall–Kier alpha value is -0.280. The fraction of sp³-hybridized carbons (Fsp3) is 0.500. The van der Waals surface area contributed by atoms with Crippen LogP contribution in [-0.2, 0) is 0 Å². The van der Waals surface area contributed by atoms with Crippen LogP contribution < -0.4 is 4.90 Å². The highest BCUT2D eigenvalue weighted by molar-refractivity contribution is 9.10. The zero-order chi connectivity index (χ0) is 10.7. The Kier molecular flexibility index (Phi) is 4.20. The van der Waals surface area contributed by atoms with E-state index in [9.17, 15) is 0 Å². The van der Waals surface area contributed by atoms with Crippen molar-refractivity contribution >= 4 is 33.3 Å². The van der Waals surface area contributed by atoms with E-state index in [2.05, 4.69) is 32.7 Å². The lowest BCUT2D eigenvalue weighted by atomic mass is 10.3. The van der Waals surface area contributed by atoms with Crippen molar-refractivity contribution < 1.29 is 0 Å². The molecule has 0 aliphatic carbocycles. The molecule has 1 aromatic heterocycles. The van der Waals surface area contributed by atoms with Gasteiger partial charge < -0.3 is 4.90 Å². The van der Waals surface area contributed by atoms with E-state index in [0.717, 1.165) is 16.0 Å². The summed E-state index contributed by atoms with van der Waals surface area (Å²) in [6.07, 6.45) is 0. The van der Waals surface area contributed by atoms with Crippen molar-refractivity contribution in [2.45, 2.75) is 19.9 Å². The van der Waals surface area contributed by atoms with Gasteiger partial charge in [0.05, 0.1) is 5.69 Å². The Morgan fingerprint density at radius 1 is 1.57 bits per heavy atom. The number of alkyl halides is 1. The fourth-order valence-electron chi connectivity index (χ4n) is 1.06. The van der Waals surface area contributed by atoms with E-state index in [1.54, 1.807) is 0 Å². The van der Waals surface area contributed by atoms with Gasteiger partial charge in [0.2, 0.25) is 0 Å². The van der Waals surface area contributed by atoms with Crippen LogP contribution >= 0.6 is 27.5 Å². The van der Waals surface area contributed by atoms with Crippen LogP contribution in [0.2, 0.25) is 0 Å². The van der Waals surface area contributed by atoms with Crippen molar-refractivity contribution in [3.8, 4) is 0 Å². The number of rotatable bonds is 3. The molecule has 0 saturated carbocycles. The summed E-state index contributed by atoms with van der Waals surface area (Å²) in [5, 5.41) is 0. The molecule has 1 aromatic rings. The minimum absolute atomic E-state index is 0.296. The summed E-state index contributed by atoms with van der Waals surface area (Å²) in [7, 11) is 2.00. The van der Waals surface area contributed by atoms with E-state index in [0.29, 0.717) is 11.9 Å². The molecule has 0 N–H and O–H groups in total. The molecule has 1 heterocycles. The zero-order valence-corrected chi connectivity index (χ0v) is 10.9. The minimum Gasteiger partial charge on any atom is -0.356 e. The molecule has 78 valence electrons. The first-order valence-corrected chi connectivity index (χ1v) is 5.81. The van der Waals surface area contributed by atoms with Crippen molar-refractivity contribution in [3.05, 3.63) is 22.3 Å². The number of hydrogen-bond acceptors (Lipinski definition) is 2. The molecule has 0 aromatic carbocycles.